The van der Waals surface area contributed by atoms with Crippen LogP contribution < -0.4 is 4.90 Å². The van der Waals surface area contributed by atoms with Gasteiger partial charge in [-0.2, -0.15) is 0 Å². The maximum atomic E-state index is 12.4. The molecule has 0 aliphatic heterocycles. The van der Waals surface area contributed by atoms with Gasteiger partial charge in [0.1, 0.15) is 4.88 Å². The Morgan fingerprint density at radius 1 is 0.865 bits per heavy atom. The molecule has 1 heterocycles. The maximum absolute atomic E-state index is 12.4. The number of anilines is 3. The van der Waals surface area contributed by atoms with Gasteiger partial charge in [-0.25, -0.2) is 9.59 Å². The third-order valence-electron chi connectivity index (χ3n) is 5.71. The minimum absolute atomic E-state index is 0.383. The van der Waals surface area contributed by atoms with Crippen molar-refractivity contribution in [1.29, 1.82) is 0 Å². The standard InChI is InChI=1S/C31H29NO4S/c1-3-4-21-36-29(33)20-17-24-22-28(37-30(24)31(34)35-2)23-15-18-27(19-16-23)32(25-11-7-5-8-12-25)26-13-9-6-10-14-26/h5-20,22H,3-4,21H2,1-2H3/b20-17+. The monoisotopic (exact) mass is 511 g/mol. The molecule has 0 unspecified atom stereocenters. The fourth-order valence-electron chi connectivity index (χ4n) is 3.82. The van der Waals surface area contributed by atoms with E-state index in [0.29, 0.717) is 17.0 Å². The van der Waals surface area contributed by atoms with E-state index in [1.807, 2.05) is 61.5 Å². The van der Waals surface area contributed by atoms with Crippen LogP contribution in [-0.4, -0.2) is 25.7 Å². The van der Waals surface area contributed by atoms with Crippen LogP contribution in [0.3, 0.4) is 0 Å². The Kier molecular flexibility index (Phi) is 8.89. The first-order valence-electron chi connectivity index (χ1n) is 12.2. The van der Waals surface area contributed by atoms with E-state index in [9.17, 15) is 9.59 Å². The highest BCUT2D eigenvalue weighted by Crippen LogP contribution is 2.37. The normalized spacial score (nSPS) is 10.9. The van der Waals surface area contributed by atoms with E-state index in [1.54, 1.807) is 6.08 Å². The van der Waals surface area contributed by atoms with E-state index in [4.69, 9.17) is 9.47 Å². The van der Waals surface area contributed by atoms with E-state index in [1.165, 1.54) is 24.5 Å². The van der Waals surface area contributed by atoms with Gasteiger partial charge >= 0.3 is 11.9 Å². The van der Waals surface area contributed by atoms with Gasteiger partial charge in [0.2, 0.25) is 0 Å². The lowest BCUT2D eigenvalue weighted by atomic mass is 10.1. The van der Waals surface area contributed by atoms with Crippen molar-refractivity contribution in [2.75, 3.05) is 18.6 Å². The van der Waals surface area contributed by atoms with Crippen molar-refractivity contribution in [3.05, 3.63) is 108 Å². The van der Waals surface area contributed by atoms with Crippen LogP contribution in [0.15, 0.2) is 97.1 Å². The molecule has 0 amide bonds. The van der Waals surface area contributed by atoms with Crippen LogP contribution >= 0.6 is 11.3 Å². The summed E-state index contributed by atoms with van der Waals surface area (Å²) >= 11 is 1.33. The second-order valence-electron chi connectivity index (χ2n) is 8.29. The molecule has 0 saturated carbocycles. The van der Waals surface area contributed by atoms with Gasteiger partial charge < -0.3 is 14.4 Å². The van der Waals surface area contributed by atoms with Crippen LogP contribution in [0.4, 0.5) is 17.1 Å². The number of esters is 2. The van der Waals surface area contributed by atoms with E-state index in [-0.39, 0.29) is 0 Å². The summed E-state index contributed by atoms with van der Waals surface area (Å²) in [5.74, 6) is -0.866. The molecule has 0 saturated heterocycles. The van der Waals surface area contributed by atoms with Crippen LogP contribution in [0, 0.1) is 0 Å². The number of carbonyl (C=O) groups excluding carboxylic acids is 2. The van der Waals surface area contributed by atoms with E-state index in [2.05, 4.69) is 41.3 Å². The Labute approximate surface area is 221 Å². The van der Waals surface area contributed by atoms with Gasteiger partial charge in [-0.3, -0.25) is 0 Å². The number of para-hydroxylation sites is 2. The Balaban J connectivity index is 1.63. The number of carbonyl (C=O) groups is 2. The van der Waals surface area contributed by atoms with Crippen molar-refractivity contribution in [3.8, 4) is 10.4 Å². The molecular formula is C31H29NO4S. The molecular weight excluding hydrogens is 482 g/mol. The van der Waals surface area contributed by atoms with Crippen LogP contribution in [0.25, 0.3) is 16.5 Å². The van der Waals surface area contributed by atoms with Crippen LogP contribution in [-0.2, 0) is 14.3 Å². The number of methoxy groups -OCH3 is 1. The number of nitrogens with zero attached hydrogens (tertiary/aromatic N) is 1. The summed E-state index contributed by atoms with van der Waals surface area (Å²) in [6, 6.07) is 30.5. The smallest absolute Gasteiger partial charge is 0.348 e. The van der Waals surface area contributed by atoms with Gasteiger partial charge in [0.15, 0.2) is 0 Å². The molecule has 0 aliphatic rings. The van der Waals surface area contributed by atoms with Gasteiger partial charge in [-0.05, 0) is 60.5 Å². The summed E-state index contributed by atoms with van der Waals surface area (Å²) in [7, 11) is 1.35. The van der Waals surface area contributed by atoms with E-state index >= 15 is 0 Å². The predicted molar refractivity (Wildman–Crippen MR) is 151 cm³/mol. The second-order valence-corrected chi connectivity index (χ2v) is 9.35. The molecule has 0 radical (unpaired) electrons. The summed E-state index contributed by atoms with van der Waals surface area (Å²) < 4.78 is 10.2. The number of thiophene rings is 1. The van der Waals surface area contributed by atoms with Crippen LogP contribution in [0.5, 0.6) is 0 Å². The minimum Gasteiger partial charge on any atom is -0.465 e. The second kappa shape index (κ2) is 12.7. The van der Waals surface area contributed by atoms with Gasteiger partial charge in [-0.1, -0.05) is 61.9 Å². The van der Waals surface area contributed by atoms with Gasteiger partial charge in [0.05, 0.1) is 13.7 Å². The zero-order valence-electron chi connectivity index (χ0n) is 20.9. The molecule has 0 atom stereocenters. The highest BCUT2D eigenvalue weighted by atomic mass is 32.1. The third-order valence-corrected chi connectivity index (χ3v) is 6.89. The molecule has 6 heteroatoms. The van der Waals surface area contributed by atoms with E-state index in [0.717, 1.165) is 40.3 Å². The summed E-state index contributed by atoms with van der Waals surface area (Å²) in [6.07, 6.45) is 4.73. The summed E-state index contributed by atoms with van der Waals surface area (Å²) in [5, 5.41) is 0. The highest BCUT2D eigenvalue weighted by Gasteiger charge is 2.17. The summed E-state index contributed by atoms with van der Waals surface area (Å²) in [5.41, 5.74) is 4.72. The van der Waals surface area contributed by atoms with Crippen molar-refractivity contribution in [2.45, 2.75) is 19.8 Å². The van der Waals surface area contributed by atoms with E-state index < -0.39 is 11.9 Å². The summed E-state index contributed by atoms with van der Waals surface area (Å²) in [4.78, 5) is 28.0. The molecule has 0 bridgehead atoms. The highest BCUT2D eigenvalue weighted by molar-refractivity contribution is 7.17. The molecule has 0 fully saturated rings. The van der Waals surface area contributed by atoms with Crippen molar-refractivity contribution < 1.29 is 19.1 Å². The lowest BCUT2D eigenvalue weighted by Crippen LogP contribution is -2.09. The zero-order valence-corrected chi connectivity index (χ0v) is 21.7. The molecule has 5 nitrogen and oxygen atoms in total. The maximum Gasteiger partial charge on any atom is 0.348 e. The average Bonchev–Trinajstić information content (AvgIpc) is 3.38. The van der Waals surface area contributed by atoms with Crippen LogP contribution in [0.1, 0.15) is 35.0 Å². The van der Waals surface area contributed by atoms with Gasteiger partial charge in [0, 0.05) is 33.6 Å². The molecule has 4 aromatic rings. The van der Waals surface area contributed by atoms with Crippen molar-refractivity contribution >= 4 is 46.4 Å². The Hall–Kier alpha value is -4.16. The van der Waals surface area contributed by atoms with Crippen molar-refractivity contribution in [2.24, 2.45) is 0 Å². The zero-order chi connectivity index (χ0) is 26.0. The minimum atomic E-state index is -0.439. The topological polar surface area (TPSA) is 55.8 Å². The first kappa shape index (κ1) is 25.9. The molecule has 3 aromatic carbocycles. The molecule has 188 valence electrons. The molecule has 4 rings (SSSR count). The lowest BCUT2D eigenvalue weighted by molar-refractivity contribution is -0.137. The third kappa shape index (κ3) is 6.54. The number of hydrogen-bond acceptors (Lipinski definition) is 6. The van der Waals surface area contributed by atoms with Gasteiger partial charge in [0.25, 0.3) is 0 Å². The Morgan fingerprint density at radius 3 is 2.03 bits per heavy atom. The number of benzene rings is 3. The number of hydrogen-bond donors (Lipinski definition) is 0. The Bertz CT molecular complexity index is 1310. The average molecular weight is 512 g/mol. The molecule has 37 heavy (non-hydrogen) atoms. The Morgan fingerprint density at radius 2 is 1.46 bits per heavy atom. The summed E-state index contributed by atoms with van der Waals surface area (Å²) in [6.45, 7) is 2.42. The fraction of sp³-hybridized carbons (Fsp3) is 0.161. The first-order valence-corrected chi connectivity index (χ1v) is 13.0. The molecule has 0 N–H and O–H groups in total. The SMILES string of the molecule is CCCCOC(=O)/C=C/c1cc(-c2ccc(N(c3ccccc3)c3ccccc3)cc2)sc1C(=O)OC. The number of ether oxygens (including phenoxy) is 2. The number of unbranched alkanes of at least 4 members (excludes halogenated alkanes) is 1. The molecule has 0 aliphatic carbocycles. The van der Waals surface area contributed by atoms with Gasteiger partial charge in [-0.15, -0.1) is 11.3 Å². The lowest BCUT2D eigenvalue weighted by Gasteiger charge is -2.25. The predicted octanol–water partition coefficient (Wildman–Crippen LogP) is 8.03. The molecule has 1 aromatic heterocycles. The fourth-order valence-corrected chi connectivity index (χ4v) is 4.89. The largest absolute Gasteiger partial charge is 0.465 e. The molecule has 0 spiro atoms. The van der Waals surface area contributed by atoms with Crippen molar-refractivity contribution in [3.63, 3.8) is 0 Å². The quantitative estimate of drug-likeness (QED) is 0.123. The first-order chi connectivity index (χ1) is 18.1. The number of rotatable bonds is 10. The van der Waals surface area contributed by atoms with Crippen molar-refractivity contribution in [1.82, 2.24) is 0 Å². The van der Waals surface area contributed by atoms with Crippen LogP contribution in [0.2, 0.25) is 0 Å².